The summed E-state index contributed by atoms with van der Waals surface area (Å²) in [6.07, 6.45) is -15.6. The topological polar surface area (TPSA) is 382 Å². The van der Waals surface area contributed by atoms with Crippen molar-refractivity contribution in [3.8, 4) is 5.75 Å². The number of thiol groups is 1. The molecule has 5 rings (SSSR count). The van der Waals surface area contributed by atoms with Gasteiger partial charge in [0, 0.05) is 26.3 Å². The van der Waals surface area contributed by atoms with Gasteiger partial charge in [0.2, 0.25) is 17.7 Å². The Morgan fingerprint density at radius 3 is 1.57 bits per heavy atom. The van der Waals surface area contributed by atoms with Crippen molar-refractivity contribution < 1.29 is 107 Å². The van der Waals surface area contributed by atoms with Crippen LogP contribution in [0.15, 0.2) is 36.4 Å². The van der Waals surface area contributed by atoms with E-state index >= 15 is 0 Å². The van der Waals surface area contributed by atoms with E-state index in [1.807, 2.05) is 0 Å². The number of amides is 4. The lowest BCUT2D eigenvalue weighted by Crippen LogP contribution is -2.71. The van der Waals surface area contributed by atoms with E-state index in [0.29, 0.717) is 12.4 Å². The fourth-order valence-electron chi connectivity index (χ4n) is 9.27. The van der Waals surface area contributed by atoms with E-state index in [1.165, 1.54) is 31.4 Å². The molecule has 0 aliphatic carbocycles. The van der Waals surface area contributed by atoms with Gasteiger partial charge in [-0.05, 0) is 56.8 Å². The zero-order valence-electron chi connectivity index (χ0n) is 42.3. The fraction of sp³-hybridized carbons (Fsp3) is 0.750. The first kappa shape index (κ1) is 62.2. The Morgan fingerprint density at radius 1 is 0.587 bits per heavy atom. The van der Waals surface area contributed by atoms with Crippen LogP contribution in [0, 0.1) is 0 Å². The molecule has 1 aromatic rings. The number of benzene rings is 1. The molecule has 13 N–H and O–H groups in total. The molecule has 0 radical (unpaired) electrons. The molecule has 20 atom stereocenters. The average molecular weight is 1090 g/mol. The maximum absolute atomic E-state index is 13.8. The Bertz CT molecular complexity index is 1980. The van der Waals surface area contributed by atoms with Crippen LogP contribution in [0.3, 0.4) is 0 Å². The molecule has 26 nitrogen and oxygen atoms in total. The summed E-state index contributed by atoms with van der Waals surface area (Å²) >= 11 is 3.73. The van der Waals surface area contributed by atoms with E-state index in [0.717, 1.165) is 46.5 Å². The summed E-state index contributed by atoms with van der Waals surface area (Å²) in [7, 11) is 0. The van der Waals surface area contributed by atoms with E-state index in [4.69, 9.17) is 42.1 Å². The van der Waals surface area contributed by atoms with Crippen molar-refractivity contribution in [2.75, 3.05) is 33.0 Å². The summed E-state index contributed by atoms with van der Waals surface area (Å²) in [6, 6.07) is -0.118. The van der Waals surface area contributed by atoms with Crippen molar-refractivity contribution >= 4 is 36.5 Å². The van der Waals surface area contributed by atoms with Crippen molar-refractivity contribution in [3.05, 3.63) is 42.0 Å². The smallest absolute Gasteiger partial charge is 0.251 e. The van der Waals surface area contributed by atoms with Gasteiger partial charge in [0.1, 0.15) is 103 Å². The van der Waals surface area contributed by atoms with Gasteiger partial charge in [0.25, 0.3) is 5.91 Å². The number of hydrogen-bond acceptors (Lipinski definition) is 23. The van der Waals surface area contributed by atoms with Crippen LogP contribution in [-0.2, 0) is 51.7 Å². The Balaban J connectivity index is 1.33. The molecule has 27 heteroatoms. The first-order chi connectivity index (χ1) is 35.9. The van der Waals surface area contributed by atoms with Crippen molar-refractivity contribution in [1.82, 2.24) is 21.3 Å². The SMILES string of the molecule is CCCCCC/C=C\CCCOc1cccc(C(=O)NC2C(OC3C(CO)OC(OC4C(CO)OC(OC5C(COS)OC(O)C(NC(C)=O)C5O)C(NC(C)=O)C4O)C(NC(C)=O)C3O)OC(CO)C(O)C2O)c1. The molecule has 4 amide bonds. The number of unbranched alkanes of at least 4 members (excludes halogenated alkanes) is 5. The predicted octanol–water partition coefficient (Wildman–Crippen LogP) is -3.32. The molecular formula is C48H76N4O22S. The molecule has 0 aromatic heterocycles. The van der Waals surface area contributed by atoms with Crippen LogP contribution in [0.25, 0.3) is 0 Å². The molecule has 4 saturated heterocycles. The number of hydrogen-bond donors (Lipinski definition) is 14. The number of aliphatic hydroxyl groups is 9. The largest absolute Gasteiger partial charge is 0.494 e. The van der Waals surface area contributed by atoms with E-state index < -0.39 is 173 Å². The minimum Gasteiger partial charge on any atom is -0.494 e. The van der Waals surface area contributed by atoms with Gasteiger partial charge < -0.3 is 109 Å². The Morgan fingerprint density at radius 2 is 1.07 bits per heavy atom. The van der Waals surface area contributed by atoms with Gasteiger partial charge >= 0.3 is 0 Å². The third-order valence-corrected chi connectivity index (χ3v) is 13.2. The van der Waals surface area contributed by atoms with Crippen LogP contribution in [0.1, 0.15) is 83.0 Å². The van der Waals surface area contributed by atoms with Crippen LogP contribution >= 0.6 is 12.9 Å². The quantitative estimate of drug-likeness (QED) is 0.0187. The van der Waals surface area contributed by atoms with Crippen LogP contribution < -0.4 is 26.0 Å². The molecule has 4 heterocycles. The predicted molar refractivity (Wildman–Crippen MR) is 261 cm³/mol. The van der Waals surface area contributed by atoms with Crippen molar-refractivity contribution in [2.45, 2.75) is 195 Å². The molecule has 0 spiro atoms. The Hall–Kier alpha value is -3.69. The highest BCUT2D eigenvalue weighted by Crippen LogP contribution is 2.35. The molecule has 0 saturated carbocycles. The van der Waals surface area contributed by atoms with E-state index in [2.05, 4.69) is 53.3 Å². The van der Waals surface area contributed by atoms with E-state index in [-0.39, 0.29) is 5.56 Å². The second kappa shape index (κ2) is 30.5. The summed E-state index contributed by atoms with van der Waals surface area (Å²) in [5, 5.41) is 109. The second-order valence-corrected chi connectivity index (χ2v) is 19.1. The van der Waals surface area contributed by atoms with Gasteiger partial charge in [-0.15, -0.1) is 0 Å². The Kier molecular flexibility index (Phi) is 25.2. The van der Waals surface area contributed by atoms with E-state index in [1.54, 1.807) is 12.1 Å². The highest BCUT2D eigenvalue weighted by atomic mass is 32.1. The number of ether oxygens (including phenoxy) is 8. The fourth-order valence-corrected chi connectivity index (χ4v) is 9.42. The number of aliphatic hydroxyl groups excluding tert-OH is 9. The van der Waals surface area contributed by atoms with Gasteiger partial charge in [0.05, 0.1) is 33.0 Å². The van der Waals surface area contributed by atoms with Crippen molar-refractivity contribution in [1.29, 1.82) is 0 Å². The summed E-state index contributed by atoms with van der Waals surface area (Å²) in [5.41, 5.74) is 0.0844. The number of rotatable bonds is 26. The van der Waals surface area contributed by atoms with Crippen LogP contribution in [0.4, 0.5) is 0 Å². The molecule has 426 valence electrons. The second-order valence-electron chi connectivity index (χ2n) is 18.8. The number of nitrogens with one attached hydrogen (secondary N) is 4. The highest BCUT2D eigenvalue weighted by molar-refractivity contribution is 7.75. The third-order valence-electron chi connectivity index (χ3n) is 13.1. The number of carbonyl (C=O) groups excluding carboxylic acids is 4. The standard InChI is InChI=1S/C48H76N4O22S/c1-5-6-7-8-9-10-11-12-13-17-66-27-16-14-15-26(18-27)44(64)52-33-37(60)36(59)28(19-53)69-46(33)72-41-29(20-54)70-47(34(39(41)62)50-24(3)57)73-42-30(21-55)71-48(35(40(42)63)51-25(4)58)74-43-31(22-67-75)68-45(65)32(38(43)61)49-23(2)56/h10-11,14-16,18,28-43,45-48,53-55,59-63,65,75H,5-9,12-13,17,19-22H2,1-4H3,(H,49,56)(H,50,57)(H,51,58)(H,52,64)/b11-10-. The molecule has 1 aromatic carbocycles. The molecule has 4 aliphatic heterocycles. The molecular weight excluding hydrogens is 1020 g/mol. The summed E-state index contributed by atoms with van der Waals surface area (Å²) in [4.78, 5) is 51.0. The molecule has 0 bridgehead atoms. The normalized spacial score (nSPS) is 36.1. The van der Waals surface area contributed by atoms with Crippen LogP contribution in [0.2, 0.25) is 0 Å². The Labute approximate surface area is 439 Å². The zero-order valence-corrected chi connectivity index (χ0v) is 43.2. The van der Waals surface area contributed by atoms with E-state index in [9.17, 15) is 65.1 Å². The first-order valence-corrected chi connectivity index (χ1v) is 25.5. The number of allylic oxidation sites excluding steroid dienone is 2. The molecule has 75 heavy (non-hydrogen) atoms. The molecule has 20 unspecified atom stereocenters. The van der Waals surface area contributed by atoms with Gasteiger partial charge in [0.15, 0.2) is 25.2 Å². The molecule has 4 aliphatic rings. The lowest BCUT2D eigenvalue weighted by atomic mass is 9.93. The minimum atomic E-state index is -1.93. The summed E-state index contributed by atoms with van der Waals surface area (Å²) in [6.45, 7) is 2.73. The zero-order chi connectivity index (χ0) is 54.9. The van der Waals surface area contributed by atoms with Gasteiger partial charge in [-0.2, -0.15) is 0 Å². The van der Waals surface area contributed by atoms with Gasteiger partial charge in [-0.1, -0.05) is 44.4 Å². The monoisotopic (exact) mass is 1090 g/mol. The summed E-state index contributed by atoms with van der Waals surface area (Å²) < 4.78 is 52.7. The molecule has 4 fully saturated rings. The van der Waals surface area contributed by atoms with Crippen molar-refractivity contribution in [3.63, 3.8) is 0 Å². The maximum Gasteiger partial charge on any atom is 0.251 e. The first-order valence-electron chi connectivity index (χ1n) is 25.1. The van der Waals surface area contributed by atoms with Crippen molar-refractivity contribution in [2.24, 2.45) is 0 Å². The lowest BCUT2D eigenvalue weighted by molar-refractivity contribution is -0.361. The minimum absolute atomic E-state index is 0.0844. The lowest BCUT2D eigenvalue weighted by Gasteiger charge is -2.51. The summed E-state index contributed by atoms with van der Waals surface area (Å²) in [5.74, 6) is -2.53. The van der Waals surface area contributed by atoms with Crippen LogP contribution in [-0.4, -0.2) is 225 Å². The van der Waals surface area contributed by atoms with Gasteiger partial charge in [-0.25, -0.2) is 0 Å². The third kappa shape index (κ3) is 16.9. The number of carbonyl (C=O) groups is 4. The maximum atomic E-state index is 13.8. The van der Waals surface area contributed by atoms with Gasteiger partial charge in [-0.3, -0.25) is 19.2 Å². The van der Waals surface area contributed by atoms with Crippen LogP contribution in [0.5, 0.6) is 5.75 Å². The highest BCUT2D eigenvalue weighted by Gasteiger charge is 2.56. The average Bonchev–Trinajstić information content (AvgIpc) is 3.37.